The summed E-state index contributed by atoms with van der Waals surface area (Å²) in [5, 5.41) is 6.91. The van der Waals surface area contributed by atoms with Crippen molar-refractivity contribution in [3.8, 4) is 0 Å². The van der Waals surface area contributed by atoms with Gasteiger partial charge in [0, 0.05) is 44.6 Å². The van der Waals surface area contributed by atoms with Crippen molar-refractivity contribution < 1.29 is 4.74 Å². The molecule has 24 heavy (non-hydrogen) atoms. The molecule has 1 aliphatic carbocycles. The molecule has 1 heterocycles. The molecular weight excluding hydrogens is 302 g/mol. The van der Waals surface area contributed by atoms with E-state index in [1.54, 1.807) is 14.2 Å². The van der Waals surface area contributed by atoms with Gasteiger partial charge < -0.3 is 19.9 Å². The predicted molar refractivity (Wildman–Crippen MR) is 98.0 cm³/mol. The van der Waals surface area contributed by atoms with Crippen molar-refractivity contribution in [2.75, 3.05) is 14.2 Å². The minimum Gasteiger partial charge on any atom is -0.378 e. The Hall–Kier alpha value is -1.56. The normalized spacial score (nSPS) is 26.3. The van der Waals surface area contributed by atoms with E-state index in [0.717, 1.165) is 24.7 Å². The highest BCUT2D eigenvalue weighted by atomic mass is 16.5. The first kappa shape index (κ1) is 18.8. The monoisotopic (exact) mass is 335 g/mol. The molecule has 2 N–H and O–H groups in total. The van der Waals surface area contributed by atoms with Crippen LogP contribution in [0.25, 0.3) is 0 Å². The van der Waals surface area contributed by atoms with Gasteiger partial charge in [0.1, 0.15) is 5.82 Å². The van der Waals surface area contributed by atoms with E-state index in [4.69, 9.17) is 4.74 Å². The van der Waals surface area contributed by atoms with Gasteiger partial charge in [0.05, 0.1) is 12.1 Å². The Morgan fingerprint density at radius 2 is 2.17 bits per heavy atom. The van der Waals surface area contributed by atoms with Crippen LogP contribution >= 0.6 is 0 Å². The van der Waals surface area contributed by atoms with Crippen molar-refractivity contribution >= 4 is 5.96 Å². The van der Waals surface area contributed by atoms with Crippen LogP contribution in [0.1, 0.15) is 46.9 Å². The lowest BCUT2D eigenvalue weighted by molar-refractivity contribution is -0.176. The highest BCUT2D eigenvalue weighted by Crippen LogP contribution is 2.51. The predicted octanol–water partition coefficient (Wildman–Crippen LogP) is 2.41. The molecule has 6 heteroatoms. The van der Waals surface area contributed by atoms with Crippen LogP contribution in [-0.4, -0.2) is 41.3 Å². The zero-order valence-electron chi connectivity index (χ0n) is 16.2. The number of nitrogens with zero attached hydrogens (tertiary/aromatic N) is 3. The summed E-state index contributed by atoms with van der Waals surface area (Å²) >= 11 is 0. The smallest absolute Gasteiger partial charge is 0.191 e. The number of guanidine groups is 1. The van der Waals surface area contributed by atoms with Gasteiger partial charge in [-0.05, 0) is 19.3 Å². The summed E-state index contributed by atoms with van der Waals surface area (Å²) in [7, 11) is 3.59. The minimum absolute atomic E-state index is 0.0511. The maximum absolute atomic E-state index is 5.69. The number of rotatable bonds is 6. The van der Waals surface area contributed by atoms with E-state index < -0.39 is 0 Å². The maximum Gasteiger partial charge on any atom is 0.191 e. The van der Waals surface area contributed by atoms with Gasteiger partial charge in [0.15, 0.2) is 5.96 Å². The number of hydrogen-bond donors (Lipinski definition) is 2. The molecule has 2 unspecified atom stereocenters. The van der Waals surface area contributed by atoms with Gasteiger partial charge in [-0.3, -0.25) is 4.99 Å². The van der Waals surface area contributed by atoms with Crippen LogP contribution in [0.4, 0.5) is 0 Å². The number of nitrogens with one attached hydrogen (secondary N) is 2. The molecule has 1 aromatic rings. The number of aromatic nitrogens is 2. The molecule has 6 nitrogen and oxygen atoms in total. The maximum atomic E-state index is 5.69. The molecule has 0 aliphatic heterocycles. The van der Waals surface area contributed by atoms with Gasteiger partial charge in [-0.15, -0.1) is 0 Å². The van der Waals surface area contributed by atoms with Crippen LogP contribution in [0.15, 0.2) is 17.4 Å². The number of ether oxygens (including phenoxy) is 1. The molecule has 136 valence electrons. The number of aliphatic imine (C=N–C) groups is 1. The molecule has 0 radical (unpaired) electrons. The zero-order valence-corrected chi connectivity index (χ0v) is 16.2. The molecule has 0 bridgehead atoms. The molecule has 0 amide bonds. The van der Waals surface area contributed by atoms with Crippen LogP contribution in [0, 0.1) is 11.3 Å². The molecule has 1 saturated carbocycles. The molecule has 0 saturated heterocycles. The number of imidazole rings is 1. The summed E-state index contributed by atoms with van der Waals surface area (Å²) in [5.41, 5.74) is -0.0352. The van der Waals surface area contributed by atoms with Gasteiger partial charge in [-0.2, -0.15) is 0 Å². The quantitative estimate of drug-likeness (QED) is 0.619. The Bertz CT molecular complexity index is 578. The summed E-state index contributed by atoms with van der Waals surface area (Å²) in [6.07, 6.45) is 4.86. The topological polar surface area (TPSA) is 63.5 Å². The lowest BCUT2D eigenvalue weighted by atomic mass is 9.56. The van der Waals surface area contributed by atoms with Gasteiger partial charge >= 0.3 is 0 Å². The molecule has 1 aromatic heterocycles. The average molecular weight is 335 g/mol. The van der Waals surface area contributed by atoms with Crippen molar-refractivity contribution in [3.05, 3.63) is 18.2 Å². The lowest BCUT2D eigenvalue weighted by Gasteiger charge is -2.59. The van der Waals surface area contributed by atoms with E-state index >= 15 is 0 Å². The molecular formula is C18H33N5O. The van der Waals surface area contributed by atoms with Crippen LogP contribution in [0.3, 0.4) is 0 Å². The fourth-order valence-corrected chi connectivity index (χ4v) is 3.31. The molecule has 0 aromatic carbocycles. The van der Waals surface area contributed by atoms with Gasteiger partial charge in [0.25, 0.3) is 0 Å². The highest BCUT2D eigenvalue weighted by Gasteiger charge is 2.58. The standard InChI is InChI=1S/C18H33N5O/c1-13(2)12-23-9-8-20-15(23)11-21-16(19-6)22-14-10-18(5,24-7)17(14,3)4/h8-9,13-14H,10-12H2,1-7H3,(H2,19,21,22). The fraction of sp³-hybridized carbons (Fsp3) is 0.778. The summed E-state index contributed by atoms with van der Waals surface area (Å²) < 4.78 is 7.89. The molecule has 1 aliphatic rings. The van der Waals surface area contributed by atoms with Crippen LogP contribution in [0.5, 0.6) is 0 Å². The Labute approximate surface area is 146 Å². The van der Waals surface area contributed by atoms with E-state index in [0.29, 0.717) is 18.5 Å². The minimum atomic E-state index is -0.0863. The Kier molecular flexibility index (Phi) is 5.58. The number of hydrogen-bond acceptors (Lipinski definition) is 3. The van der Waals surface area contributed by atoms with Gasteiger partial charge in [0.2, 0.25) is 0 Å². The van der Waals surface area contributed by atoms with E-state index in [9.17, 15) is 0 Å². The Balaban J connectivity index is 1.92. The first-order valence-electron chi connectivity index (χ1n) is 8.76. The second kappa shape index (κ2) is 7.13. The van der Waals surface area contributed by atoms with Crippen molar-refractivity contribution in [1.29, 1.82) is 0 Å². The van der Waals surface area contributed by atoms with E-state index in [2.05, 4.69) is 59.8 Å². The zero-order chi connectivity index (χ0) is 18.0. The summed E-state index contributed by atoms with van der Waals surface area (Å²) in [6, 6.07) is 0.337. The SMILES string of the molecule is CN=C(NCc1nccn1CC(C)C)NC1CC(C)(OC)C1(C)C. The van der Waals surface area contributed by atoms with Crippen molar-refractivity contribution in [2.45, 2.75) is 65.8 Å². The summed E-state index contributed by atoms with van der Waals surface area (Å²) in [4.78, 5) is 8.81. The molecule has 2 atom stereocenters. The van der Waals surface area contributed by atoms with Gasteiger partial charge in [-0.25, -0.2) is 4.98 Å². The van der Waals surface area contributed by atoms with Crippen molar-refractivity contribution in [1.82, 2.24) is 20.2 Å². The lowest BCUT2D eigenvalue weighted by Crippen LogP contribution is -2.69. The van der Waals surface area contributed by atoms with Gasteiger partial charge in [-0.1, -0.05) is 27.7 Å². The van der Waals surface area contributed by atoms with Crippen LogP contribution in [-0.2, 0) is 17.8 Å². The Morgan fingerprint density at radius 1 is 1.46 bits per heavy atom. The van der Waals surface area contributed by atoms with Crippen molar-refractivity contribution in [3.63, 3.8) is 0 Å². The summed E-state index contributed by atoms with van der Waals surface area (Å²) in [6.45, 7) is 12.7. The summed E-state index contributed by atoms with van der Waals surface area (Å²) in [5.74, 6) is 2.43. The van der Waals surface area contributed by atoms with E-state index in [1.807, 2.05) is 12.4 Å². The molecule has 0 spiro atoms. The second-order valence-corrected chi connectivity index (χ2v) is 7.87. The molecule has 2 rings (SSSR count). The third-order valence-corrected chi connectivity index (χ3v) is 5.59. The van der Waals surface area contributed by atoms with E-state index in [1.165, 1.54) is 0 Å². The Morgan fingerprint density at radius 3 is 2.71 bits per heavy atom. The molecule has 1 fully saturated rings. The first-order chi connectivity index (χ1) is 11.2. The fourth-order valence-electron chi connectivity index (χ4n) is 3.31. The number of methoxy groups -OCH3 is 1. The van der Waals surface area contributed by atoms with Crippen molar-refractivity contribution in [2.24, 2.45) is 16.3 Å². The second-order valence-electron chi connectivity index (χ2n) is 7.87. The highest BCUT2D eigenvalue weighted by molar-refractivity contribution is 5.80. The third kappa shape index (κ3) is 3.58. The first-order valence-corrected chi connectivity index (χ1v) is 8.76. The average Bonchev–Trinajstić information content (AvgIpc) is 2.96. The largest absolute Gasteiger partial charge is 0.378 e. The third-order valence-electron chi connectivity index (χ3n) is 5.59. The van der Waals surface area contributed by atoms with Crippen LogP contribution in [0.2, 0.25) is 0 Å². The van der Waals surface area contributed by atoms with E-state index in [-0.39, 0.29) is 11.0 Å². The van der Waals surface area contributed by atoms with Crippen LogP contribution < -0.4 is 10.6 Å².